The summed E-state index contributed by atoms with van der Waals surface area (Å²) in [6.45, 7) is 6.35. The third-order valence-electron chi connectivity index (χ3n) is 4.07. The first-order valence-corrected chi connectivity index (χ1v) is 8.66. The second kappa shape index (κ2) is 9.15. The molecule has 1 aliphatic rings. The molecule has 1 fully saturated rings. The zero-order chi connectivity index (χ0) is 17.4. The number of likely N-dealkylation sites (tertiary alicyclic amines) is 1. The predicted molar refractivity (Wildman–Crippen MR) is 94.4 cm³/mol. The Hall–Kier alpha value is -2.24. The van der Waals surface area contributed by atoms with E-state index in [9.17, 15) is 9.59 Å². The van der Waals surface area contributed by atoms with Gasteiger partial charge in [0.05, 0.1) is 13.2 Å². The van der Waals surface area contributed by atoms with Crippen molar-refractivity contribution in [2.24, 2.45) is 0 Å². The summed E-state index contributed by atoms with van der Waals surface area (Å²) in [4.78, 5) is 25.6. The number of carbonyl (C=O) groups excluding carboxylic acids is 2. The number of urea groups is 1. The Balaban J connectivity index is 1.79. The highest BCUT2D eigenvalue weighted by molar-refractivity contribution is 5.93. The van der Waals surface area contributed by atoms with Gasteiger partial charge in [0.1, 0.15) is 5.75 Å². The summed E-state index contributed by atoms with van der Waals surface area (Å²) in [5.41, 5.74) is 1.63. The molecule has 132 valence electrons. The fourth-order valence-electron chi connectivity index (χ4n) is 2.60. The number of amides is 3. The van der Waals surface area contributed by atoms with E-state index in [2.05, 4.69) is 17.6 Å². The first-order valence-electron chi connectivity index (χ1n) is 8.66. The number of hydrogen-bond acceptors (Lipinski definition) is 3. The van der Waals surface area contributed by atoms with Crippen molar-refractivity contribution < 1.29 is 14.3 Å². The average molecular weight is 333 g/mol. The quantitative estimate of drug-likeness (QED) is 0.754. The Labute approximate surface area is 143 Å². The van der Waals surface area contributed by atoms with Crippen molar-refractivity contribution in [3.63, 3.8) is 0 Å². The van der Waals surface area contributed by atoms with Crippen LogP contribution in [0.3, 0.4) is 0 Å². The molecule has 6 nitrogen and oxygen atoms in total. The number of carbonyl (C=O) groups is 2. The molecular formula is C18H27N3O3. The lowest BCUT2D eigenvalue weighted by Gasteiger charge is -2.16. The molecular weight excluding hydrogens is 306 g/mol. The fourth-order valence-corrected chi connectivity index (χ4v) is 2.60. The van der Waals surface area contributed by atoms with Crippen molar-refractivity contribution in [2.75, 3.05) is 31.6 Å². The molecule has 0 aromatic heterocycles. The van der Waals surface area contributed by atoms with E-state index in [0.29, 0.717) is 12.3 Å². The topological polar surface area (TPSA) is 70.7 Å². The van der Waals surface area contributed by atoms with Gasteiger partial charge in [-0.2, -0.15) is 0 Å². The van der Waals surface area contributed by atoms with E-state index >= 15 is 0 Å². The van der Waals surface area contributed by atoms with Gasteiger partial charge < -0.3 is 20.3 Å². The molecule has 1 aromatic rings. The van der Waals surface area contributed by atoms with Crippen molar-refractivity contribution in [3.05, 3.63) is 23.8 Å². The van der Waals surface area contributed by atoms with Crippen molar-refractivity contribution >= 4 is 17.6 Å². The van der Waals surface area contributed by atoms with Gasteiger partial charge in [0.15, 0.2) is 0 Å². The number of nitrogens with zero attached hydrogens (tertiary/aromatic N) is 1. The Morgan fingerprint density at radius 2 is 2.00 bits per heavy atom. The largest absolute Gasteiger partial charge is 0.494 e. The van der Waals surface area contributed by atoms with Crippen LogP contribution in [-0.4, -0.2) is 43.1 Å². The molecule has 6 heteroatoms. The average Bonchev–Trinajstić information content (AvgIpc) is 3.10. The van der Waals surface area contributed by atoms with Gasteiger partial charge in [0, 0.05) is 18.8 Å². The Bertz CT molecular complexity index is 569. The van der Waals surface area contributed by atoms with Crippen LogP contribution in [0.4, 0.5) is 10.5 Å². The Kier molecular flexibility index (Phi) is 6.90. The monoisotopic (exact) mass is 333 g/mol. The minimum absolute atomic E-state index is 0.0287. The van der Waals surface area contributed by atoms with E-state index in [-0.39, 0.29) is 18.5 Å². The number of hydrogen-bond donors (Lipinski definition) is 2. The summed E-state index contributed by atoms with van der Waals surface area (Å²) < 4.78 is 5.64. The minimum atomic E-state index is -0.370. The van der Waals surface area contributed by atoms with Gasteiger partial charge >= 0.3 is 6.03 Å². The first kappa shape index (κ1) is 18.1. The zero-order valence-electron chi connectivity index (χ0n) is 14.6. The molecule has 0 bridgehead atoms. The maximum absolute atomic E-state index is 12.0. The van der Waals surface area contributed by atoms with Crippen LogP contribution in [0.1, 0.15) is 38.2 Å². The number of rotatable bonds is 7. The van der Waals surface area contributed by atoms with Gasteiger partial charge in [-0.1, -0.05) is 13.3 Å². The maximum Gasteiger partial charge on any atom is 0.319 e. The Morgan fingerprint density at radius 1 is 1.25 bits per heavy atom. The van der Waals surface area contributed by atoms with Crippen LogP contribution >= 0.6 is 0 Å². The molecule has 1 aliphatic heterocycles. The van der Waals surface area contributed by atoms with Crippen molar-refractivity contribution in [2.45, 2.75) is 39.5 Å². The number of benzene rings is 1. The van der Waals surface area contributed by atoms with Crippen LogP contribution in [-0.2, 0) is 4.79 Å². The van der Waals surface area contributed by atoms with Gasteiger partial charge in [-0.25, -0.2) is 4.79 Å². The van der Waals surface area contributed by atoms with Crippen molar-refractivity contribution in [3.8, 4) is 5.75 Å². The highest BCUT2D eigenvalue weighted by Gasteiger charge is 2.18. The second-order valence-electron chi connectivity index (χ2n) is 6.07. The van der Waals surface area contributed by atoms with Gasteiger partial charge in [-0.05, 0) is 49.9 Å². The molecule has 0 unspecified atom stereocenters. The summed E-state index contributed by atoms with van der Waals surface area (Å²) in [5.74, 6) is 0.773. The van der Waals surface area contributed by atoms with Crippen LogP contribution in [0.15, 0.2) is 18.2 Å². The molecule has 0 saturated carbocycles. The summed E-state index contributed by atoms with van der Waals surface area (Å²) >= 11 is 0. The molecule has 24 heavy (non-hydrogen) atoms. The second-order valence-corrected chi connectivity index (χ2v) is 6.07. The standard InChI is InChI=1S/C18H27N3O3/c1-3-4-11-24-15-7-8-16(14(2)12-15)20-18(23)19-13-17(22)21-9-5-6-10-21/h7-8,12H,3-6,9-11,13H2,1-2H3,(H2,19,20,23). The summed E-state index contributed by atoms with van der Waals surface area (Å²) in [5, 5.41) is 5.39. The van der Waals surface area contributed by atoms with E-state index in [4.69, 9.17) is 4.74 Å². The third-order valence-corrected chi connectivity index (χ3v) is 4.07. The van der Waals surface area contributed by atoms with Crippen LogP contribution in [0.5, 0.6) is 5.75 Å². The van der Waals surface area contributed by atoms with E-state index in [1.807, 2.05) is 25.1 Å². The lowest BCUT2D eigenvalue weighted by molar-refractivity contribution is -0.128. The molecule has 0 atom stereocenters. The number of nitrogens with one attached hydrogen (secondary N) is 2. The molecule has 1 saturated heterocycles. The summed E-state index contributed by atoms with van der Waals surface area (Å²) in [6.07, 6.45) is 4.20. The smallest absolute Gasteiger partial charge is 0.319 e. The van der Waals surface area contributed by atoms with Gasteiger partial charge in [-0.15, -0.1) is 0 Å². The molecule has 1 aromatic carbocycles. The van der Waals surface area contributed by atoms with Crippen molar-refractivity contribution in [1.82, 2.24) is 10.2 Å². The molecule has 3 amide bonds. The molecule has 0 aliphatic carbocycles. The van der Waals surface area contributed by atoms with Gasteiger partial charge in [0.2, 0.25) is 5.91 Å². The lowest BCUT2D eigenvalue weighted by atomic mass is 10.2. The Morgan fingerprint density at radius 3 is 2.67 bits per heavy atom. The van der Waals surface area contributed by atoms with Crippen LogP contribution in [0, 0.1) is 6.92 Å². The zero-order valence-corrected chi connectivity index (χ0v) is 14.6. The number of unbranched alkanes of at least 4 members (excludes halogenated alkanes) is 1. The number of ether oxygens (including phenoxy) is 1. The molecule has 0 radical (unpaired) electrons. The van der Waals surface area contributed by atoms with E-state index in [0.717, 1.165) is 50.1 Å². The fraction of sp³-hybridized carbons (Fsp3) is 0.556. The summed E-state index contributed by atoms with van der Waals surface area (Å²) in [7, 11) is 0. The van der Waals surface area contributed by atoms with Crippen LogP contribution < -0.4 is 15.4 Å². The van der Waals surface area contributed by atoms with Gasteiger partial charge in [-0.3, -0.25) is 4.79 Å². The normalized spacial score (nSPS) is 13.7. The van der Waals surface area contributed by atoms with Crippen molar-refractivity contribution in [1.29, 1.82) is 0 Å². The van der Waals surface area contributed by atoms with Gasteiger partial charge in [0.25, 0.3) is 0 Å². The third kappa shape index (κ3) is 5.44. The molecule has 1 heterocycles. The van der Waals surface area contributed by atoms with Crippen LogP contribution in [0.25, 0.3) is 0 Å². The van der Waals surface area contributed by atoms with E-state index in [1.165, 1.54) is 0 Å². The van der Waals surface area contributed by atoms with E-state index in [1.54, 1.807) is 4.90 Å². The molecule has 0 spiro atoms. The molecule has 2 rings (SSSR count). The predicted octanol–water partition coefficient (Wildman–Crippen LogP) is 2.92. The highest BCUT2D eigenvalue weighted by atomic mass is 16.5. The highest BCUT2D eigenvalue weighted by Crippen LogP contribution is 2.21. The maximum atomic E-state index is 12.0. The number of anilines is 1. The molecule has 2 N–H and O–H groups in total. The summed E-state index contributed by atoms with van der Waals surface area (Å²) in [6, 6.07) is 5.19. The first-order chi connectivity index (χ1) is 11.6. The number of aryl methyl sites for hydroxylation is 1. The lowest BCUT2D eigenvalue weighted by Crippen LogP contribution is -2.40. The minimum Gasteiger partial charge on any atom is -0.494 e. The SMILES string of the molecule is CCCCOc1ccc(NC(=O)NCC(=O)N2CCCC2)c(C)c1. The van der Waals surface area contributed by atoms with E-state index < -0.39 is 0 Å². The van der Waals surface area contributed by atoms with Crippen LogP contribution in [0.2, 0.25) is 0 Å².